The van der Waals surface area contributed by atoms with E-state index in [0.717, 1.165) is 6.42 Å². The number of benzene rings is 1. The second-order valence-electron chi connectivity index (χ2n) is 3.45. The minimum absolute atomic E-state index is 0.0707. The molecule has 0 fully saturated rings. The Kier molecular flexibility index (Phi) is 4.76. The lowest BCUT2D eigenvalue weighted by Crippen LogP contribution is -1.88. The van der Waals surface area contributed by atoms with Crippen LogP contribution in [0.5, 0.6) is 0 Å². The number of nitrogens with zero attached hydrogens (tertiary/aromatic N) is 1. The van der Waals surface area contributed by atoms with Crippen LogP contribution in [-0.4, -0.2) is 0 Å². The molecule has 0 saturated carbocycles. The van der Waals surface area contributed by atoms with Crippen LogP contribution in [0, 0.1) is 4.91 Å². The minimum atomic E-state index is -1.73. The highest BCUT2D eigenvalue weighted by Crippen LogP contribution is 2.32. The summed E-state index contributed by atoms with van der Waals surface area (Å²) in [4.78, 5) is 10.5. The van der Waals surface area contributed by atoms with Crippen molar-refractivity contribution in [2.75, 3.05) is 0 Å². The van der Waals surface area contributed by atoms with Crippen LogP contribution in [0.25, 0.3) is 5.57 Å². The first-order chi connectivity index (χ1) is 7.70. The summed E-state index contributed by atoms with van der Waals surface area (Å²) in [7, 11) is 0. The lowest BCUT2D eigenvalue weighted by molar-refractivity contribution is 0.422. The molecule has 0 amide bonds. The maximum atomic E-state index is 12.8. The van der Waals surface area contributed by atoms with Gasteiger partial charge >= 0.3 is 0 Å². The highest BCUT2D eigenvalue weighted by Gasteiger charge is 2.13. The van der Waals surface area contributed by atoms with E-state index in [-0.39, 0.29) is 23.2 Å². The van der Waals surface area contributed by atoms with Crippen molar-refractivity contribution in [2.24, 2.45) is 5.18 Å². The Morgan fingerprint density at radius 2 is 2.00 bits per heavy atom. The average Bonchev–Trinajstić information content (AvgIpc) is 2.29. The van der Waals surface area contributed by atoms with Gasteiger partial charge in [0.2, 0.25) is 0 Å². The maximum absolute atomic E-state index is 12.8. The van der Waals surface area contributed by atoms with Crippen molar-refractivity contribution in [3.05, 3.63) is 40.8 Å². The molecule has 0 spiro atoms. The zero-order chi connectivity index (χ0) is 12.0. The third-order valence-electron chi connectivity index (χ3n) is 2.34. The Labute approximate surface area is 93.0 Å². The molecule has 0 aromatic heterocycles. The molecular formula is C12H13F2NO. The predicted octanol–water partition coefficient (Wildman–Crippen LogP) is 4.88. The molecule has 0 aliphatic heterocycles. The summed E-state index contributed by atoms with van der Waals surface area (Å²) in [6.07, 6.45) is 0.0307. The number of unbranched alkanes of at least 4 members (excludes halogenated alkanes) is 1. The van der Waals surface area contributed by atoms with Crippen molar-refractivity contribution < 1.29 is 8.78 Å². The van der Waals surface area contributed by atoms with E-state index < -0.39 is 6.08 Å². The van der Waals surface area contributed by atoms with Gasteiger partial charge in [-0.05, 0) is 24.1 Å². The summed E-state index contributed by atoms with van der Waals surface area (Å²) in [5, 5.41) is 2.76. The Morgan fingerprint density at radius 3 is 2.56 bits per heavy atom. The van der Waals surface area contributed by atoms with Gasteiger partial charge in [0, 0.05) is 11.1 Å². The monoisotopic (exact) mass is 225 g/mol. The standard InChI is InChI=1S/C12H13F2NO/c1-2-3-6-10(12(13)14)9-7-4-5-8-11(9)15-16/h4-5,7-8H,2-3,6H2,1H3. The van der Waals surface area contributed by atoms with E-state index in [4.69, 9.17) is 0 Å². The van der Waals surface area contributed by atoms with E-state index in [1.807, 2.05) is 6.92 Å². The average molecular weight is 225 g/mol. The molecule has 0 N–H and O–H groups in total. The van der Waals surface area contributed by atoms with Crippen LogP contribution in [0.4, 0.5) is 14.5 Å². The minimum Gasteiger partial charge on any atom is -0.173 e. The Balaban J connectivity index is 3.12. The van der Waals surface area contributed by atoms with Crippen LogP contribution < -0.4 is 0 Å². The van der Waals surface area contributed by atoms with Gasteiger partial charge in [-0.2, -0.15) is 8.78 Å². The summed E-state index contributed by atoms with van der Waals surface area (Å²) in [5.74, 6) is 0. The molecule has 0 aliphatic carbocycles. The molecule has 1 aromatic rings. The molecule has 86 valence electrons. The second-order valence-corrected chi connectivity index (χ2v) is 3.45. The van der Waals surface area contributed by atoms with Crippen LogP contribution in [0.3, 0.4) is 0 Å². The van der Waals surface area contributed by atoms with Crippen LogP contribution in [0.1, 0.15) is 31.7 Å². The molecule has 0 saturated heterocycles. The zero-order valence-electron chi connectivity index (χ0n) is 9.04. The highest BCUT2D eigenvalue weighted by molar-refractivity contribution is 5.75. The topological polar surface area (TPSA) is 29.4 Å². The van der Waals surface area contributed by atoms with Crippen LogP contribution in [0.2, 0.25) is 0 Å². The van der Waals surface area contributed by atoms with Crippen molar-refractivity contribution in [1.82, 2.24) is 0 Å². The lowest BCUT2D eigenvalue weighted by Gasteiger charge is -2.07. The molecular weight excluding hydrogens is 212 g/mol. The largest absolute Gasteiger partial charge is 0.274 e. The normalized spacial score (nSPS) is 9.94. The smallest absolute Gasteiger partial charge is 0.173 e. The number of rotatable bonds is 5. The molecule has 4 heteroatoms. The predicted molar refractivity (Wildman–Crippen MR) is 60.6 cm³/mol. The van der Waals surface area contributed by atoms with Crippen molar-refractivity contribution in [2.45, 2.75) is 26.2 Å². The lowest BCUT2D eigenvalue weighted by atomic mass is 10.00. The first kappa shape index (κ1) is 12.5. The number of halogens is 2. The number of allylic oxidation sites excluding steroid dienone is 1. The van der Waals surface area contributed by atoms with Gasteiger partial charge in [0.05, 0.1) is 0 Å². The van der Waals surface area contributed by atoms with Crippen LogP contribution in [-0.2, 0) is 0 Å². The van der Waals surface area contributed by atoms with Gasteiger partial charge in [0.15, 0.2) is 0 Å². The molecule has 0 radical (unpaired) electrons. The molecule has 0 bridgehead atoms. The van der Waals surface area contributed by atoms with Crippen molar-refractivity contribution in [3.8, 4) is 0 Å². The molecule has 0 heterocycles. The van der Waals surface area contributed by atoms with E-state index in [9.17, 15) is 13.7 Å². The Bertz CT molecular complexity index is 398. The van der Waals surface area contributed by atoms with Gasteiger partial charge < -0.3 is 0 Å². The summed E-state index contributed by atoms with van der Waals surface area (Å²) in [6, 6.07) is 6.17. The van der Waals surface area contributed by atoms with Gasteiger partial charge in [-0.15, -0.1) is 4.91 Å². The maximum Gasteiger partial charge on any atom is 0.274 e. The van der Waals surface area contributed by atoms with Gasteiger partial charge in [0.1, 0.15) is 5.69 Å². The quantitative estimate of drug-likeness (QED) is 0.656. The molecule has 0 atom stereocenters. The summed E-state index contributed by atoms with van der Waals surface area (Å²) < 4.78 is 25.5. The third kappa shape index (κ3) is 2.95. The van der Waals surface area contributed by atoms with Gasteiger partial charge in [0.25, 0.3) is 6.08 Å². The number of hydrogen-bond acceptors (Lipinski definition) is 2. The van der Waals surface area contributed by atoms with Gasteiger partial charge in [-0.25, -0.2) is 0 Å². The fourth-order valence-corrected chi connectivity index (χ4v) is 1.49. The molecule has 16 heavy (non-hydrogen) atoms. The van der Waals surface area contributed by atoms with E-state index in [1.54, 1.807) is 12.1 Å². The van der Waals surface area contributed by atoms with E-state index >= 15 is 0 Å². The molecule has 1 rings (SSSR count). The van der Waals surface area contributed by atoms with Crippen molar-refractivity contribution in [1.29, 1.82) is 0 Å². The molecule has 2 nitrogen and oxygen atoms in total. The SMILES string of the molecule is CCCCC(=C(F)F)c1ccccc1N=O. The first-order valence-corrected chi connectivity index (χ1v) is 5.17. The zero-order valence-corrected chi connectivity index (χ0v) is 9.04. The summed E-state index contributed by atoms with van der Waals surface area (Å²) in [5.41, 5.74) is 0.240. The van der Waals surface area contributed by atoms with E-state index in [0.29, 0.717) is 6.42 Å². The van der Waals surface area contributed by atoms with E-state index in [1.165, 1.54) is 12.1 Å². The van der Waals surface area contributed by atoms with Gasteiger partial charge in [-0.3, -0.25) is 0 Å². The van der Waals surface area contributed by atoms with E-state index in [2.05, 4.69) is 5.18 Å². The third-order valence-corrected chi connectivity index (χ3v) is 2.34. The van der Waals surface area contributed by atoms with Crippen molar-refractivity contribution in [3.63, 3.8) is 0 Å². The Hall–Kier alpha value is -1.58. The fourth-order valence-electron chi connectivity index (χ4n) is 1.49. The Morgan fingerprint density at radius 1 is 1.31 bits per heavy atom. The summed E-state index contributed by atoms with van der Waals surface area (Å²) >= 11 is 0. The number of hydrogen-bond donors (Lipinski definition) is 0. The van der Waals surface area contributed by atoms with Crippen LogP contribution in [0.15, 0.2) is 35.5 Å². The van der Waals surface area contributed by atoms with Crippen molar-refractivity contribution >= 4 is 11.3 Å². The molecule has 0 unspecified atom stereocenters. The second kappa shape index (κ2) is 6.10. The fraction of sp³-hybridized carbons (Fsp3) is 0.333. The molecule has 0 aliphatic rings. The van der Waals surface area contributed by atoms with Gasteiger partial charge in [-0.1, -0.05) is 31.5 Å². The summed E-state index contributed by atoms with van der Waals surface area (Å²) in [6.45, 7) is 1.93. The number of nitroso groups, excluding NO2 is 1. The highest BCUT2D eigenvalue weighted by atomic mass is 19.3. The first-order valence-electron chi connectivity index (χ1n) is 5.17. The molecule has 1 aromatic carbocycles. The van der Waals surface area contributed by atoms with Crippen LogP contribution >= 0.6 is 0 Å².